The van der Waals surface area contributed by atoms with Crippen LogP contribution in [0.1, 0.15) is 34.7 Å². The van der Waals surface area contributed by atoms with Gasteiger partial charge in [-0.2, -0.15) is 0 Å². The van der Waals surface area contributed by atoms with E-state index in [2.05, 4.69) is 4.98 Å². The second kappa shape index (κ2) is 5.22. The molecule has 0 amide bonds. The van der Waals surface area contributed by atoms with Crippen LogP contribution in [-0.4, -0.2) is 22.3 Å². The van der Waals surface area contributed by atoms with E-state index in [0.29, 0.717) is 11.5 Å². The molecule has 5 nitrogen and oxygen atoms in total. The molecule has 4 rings (SSSR count). The van der Waals surface area contributed by atoms with Crippen molar-refractivity contribution in [3.05, 3.63) is 71.1 Å². The van der Waals surface area contributed by atoms with Gasteiger partial charge in [0.2, 0.25) is 5.89 Å². The van der Waals surface area contributed by atoms with Crippen molar-refractivity contribution in [3.63, 3.8) is 0 Å². The van der Waals surface area contributed by atoms with Crippen molar-refractivity contribution >= 4 is 0 Å². The van der Waals surface area contributed by atoms with Crippen molar-refractivity contribution in [1.82, 2.24) is 4.98 Å². The number of oxazole rings is 1. The van der Waals surface area contributed by atoms with E-state index in [-0.39, 0.29) is 5.92 Å². The van der Waals surface area contributed by atoms with Crippen LogP contribution in [0.2, 0.25) is 0 Å². The predicted molar refractivity (Wildman–Crippen MR) is 83.1 cm³/mol. The lowest BCUT2D eigenvalue weighted by Gasteiger charge is -2.03. The number of methoxy groups -OCH3 is 1. The molecule has 1 aromatic heterocycles. The molecule has 1 aliphatic rings. The van der Waals surface area contributed by atoms with Crippen LogP contribution in [0.15, 0.2) is 53.1 Å². The number of aliphatic hydroxyl groups is 2. The molecule has 116 valence electrons. The number of fused-ring (bicyclic) bond motifs is 1. The fourth-order valence-corrected chi connectivity index (χ4v) is 2.77. The summed E-state index contributed by atoms with van der Waals surface area (Å²) in [4.78, 5) is 4.32. The Morgan fingerprint density at radius 2 is 1.87 bits per heavy atom. The molecule has 0 saturated heterocycles. The lowest BCUT2D eigenvalue weighted by atomic mass is 10.1. The van der Waals surface area contributed by atoms with Gasteiger partial charge >= 0.3 is 0 Å². The number of hydrogen-bond donors (Lipinski definition) is 2. The average Bonchev–Trinajstić information content (AvgIpc) is 3.09. The molecule has 2 aromatic carbocycles. The van der Waals surface area contributed by atoms with E-state index in [9.17, 15) is 0 Å². The Morgan fingerprint density at radius 1 is 1.09 bits per heavy atom. The standard InChI is InChI=1S/C18H15NO4/c1-22-12-6-7-13-14(8-12)16(13)15-9-19-17(23-15)10-2-4-11(5-3-10)18(20)21/h2-9,16,18,20-21H,1H3. The SMILES string of the molecule is COc1ccc2c(c1)C2c1cnc(-c2ccc(C(O)O)cc2)o1. The third kappa shape index (κ3) is 2.40. The quantitative estimate of drug-likeness (QED) is 0.567. The number of aromatic nitrogens is 1. The third-order valence-electron chi connectivity index (χ3n) is 4.10. The van der Waals surface area contributed by atoms with Crippen LogP contribution >= 0.6 is 0 Å². The van der Waals surface area contributed by atoms with Crippen LogP contribution in [0.5, 0.6) is 5.75 Å². The Balaban J connectivity index is 1.58. The maximum Gasteiger partial charge on any atom is 0.226 e. The summed E-state index contributed by atoms with van der Waals surface area (Å²) in [5.74, 6) is 2.31. The van der Waals surface area contributed by atoms with Gasteiger partial charge < -0.3 is 19.4 Å². The zero-order valence-corrected chi connectivity index (χ0v) is 12.4. The van der Waals surface area contributed by atoms with Crippen LogP contribution in [0.25, 0.3) is 11.5 Å². The summed E-state index contributed by atoms with van der Waals surface area (Å²) in [6.07, 6.45) is 0.265. The molecule has 0 spiro atoms. The highest BCUT2D eigenvalue weighted by Crippen LogP contribution is 2.50. The fourth-order valence-electron chi connectivity index (χ4n) is 2.77. The molecule has 3 aromatic rings. The monoisotopic (exact) mass is 309 g/mol. The molecule has 0 fully saturated rings. The van der Waals surface area contributed by atoms with E-state index >= 15 is 0 Å². The average molecular weight is 309 g/mol. The molecule has 1 unspecified atom stereocenters. The van der Waals surface area contributed by atoms with E-state index in [1.54, 1.807) is 37.6 Å². The van der Waals surface area contributed by atoms with Gasteiger partial charge in [0.05, 0.1) is 19.2 Å². The zero-order valence-electron chi connectivity index (χ0n) is 12.4. The second-order valence-corrected chi connectivity index (χ2v) is 5.49. The molecule has 1 aliphatic carbocycles. The minimum Gasteiger partial charge on any atom is -0.497 e. The maximum absolute atomic E-state index is 9.12. The normalized spacial score (nSPS) is 15.6. The number of ether oxygens (including phenoxy) is 1. The summed E-state index contributed by atoms with van der Waals surface area (Å²) in [5.41, 5.74) is 3.66. The first-order chi connectivity index (χ1) is 11.2. The predicted octanol–water partition coefficient (Wildman–Crippen LogP) is 2.83. The van der Waals surface area contributed by atoms with Crippen molar-refractivity contribution in [1.29, 1.82) is 0 Å². The van der Waals surface area contributed by atoms with E-state index < -0.39 is 6.29 Å². The van der Waals surface area contributed by atoms with Gasteiger partial charge in [-0.15, -0.1) is 0 Å². The molecule has 5 heteroatoms. The van der Waals surface area contributed by atoms with Crippen molar-refractivity contribution in [2.75, 3.05) is 7.11 Å². The van der Waals surface area contributed by atoms with Gasteiger partial charge in [-0.25, -0.2) is 4.98 Å². The highest BCUT2D eigenvalue weighted by Gasteiger charge is 2.37. The Hall–Kier alpha value is -2.63. The number of benzene rings is 2. The molecular formula is C18H15NO4. The first-order valence-corrected chi connectivity index (χ1v) is 7.27. The second-order valence-electron chi connectivity index (χ2n) is 5.49. The van der Waals surface area contributed by atoms with Gasteiger partial charge in [0.25, 0.3) is 0 Å². The third-order valence-corrected chi connectivity index (χ3v) is 4.10. The van der Waals surface area contributed by atoms with Gasteiger partial charge in [0.15, 0.2) is 6.29 Å². The Morgan fingerprint density at radius 3 is 2.57 bits per heavy atom. The topological polar surface area (TPSA) is 75.7 Å². The smallest absolute Gasteiger partial charge is 0.226 e. The Labute approximate surface area is 132 Å². The Kier molecular flexibility index (Phi) is 3.18. The number of nitrogens with zero attached hydrogens (tertiary/aromatic N) is 1. The zero-order chi connectivity index (χ0) is 16.0. The van der Waals surface area contributed by atoms with Crippen molar-refractivity contribution < 1.29 is 19.4 Å². The Bertz CT molecular complexity index is 852. The fraction of sp³-hybridized carbons (Fsp3) is 0.167. The minimum absolute atomic E-state index is 0.152. The largest absolute Gasteiger partial charge is 0.497 e. The first-order valence-electron chi connectivity index (χ1n) is 7.27. The molecule has 2 N–H and O–H groups in total. The summed E-state index contributed by atoms with van der Waals surface area (Å²) < 4.78 is 11.1. The molecule has 0 saturated carbocycles. The molecular weight excluding hydrogens is 294 g/mol. The highest BCUT2D eigenvalue weighted by atomic mass is 16.5. The lowest BCUT2D eigenvalue weighted by Crippen LogP contribution is -1.93. The molecule has 1 atom stereocenters. The molecule has 0 aliphatic heterocycles. The minimum atomic E-state index is -1.47. The summed E-state index contributed by atoms with van der Waals surface area (Å²) in [7, 11) is 1.65. The van der Waals surface area contributed by atoms with Crippen molar-refractivity contribution in [2.45, 2.75) is 12.2 Å². The summed E-state index contributed by atoms with van der Waals surface area (Å²) in [6.45, 7) is 0. The lowest BCUT2D eigenvalue weighted by molar-refractivity contribution is -0.0424. The molecule has 1 heterocycles. The van der Waals surface area contributed by atoms with Crippen LogP contribution in [-0.2, 0) is 0 Å². The van der Waals surface area contributed by atoms with E-state index in [4.69, 9.17) is 19.4 Å². The molecule has 0 bridgehead atoms. The van der Waals surface area contributed by atoms with Crippen molar-refractivity contribution in [2.24, 2.45) is 0 Å². The highest BCUT2D eigenvalue weighted by molar-refractivity contribution is 5.61. The number of rotatable bonds is 4. The van der Waals surface area contributed by atoms with Gasteiger partial charge in [0, 0.05) is 11.1 Å². The van der Waals surface area contributed by atoms with Gasteiger partial charge in [-0.1, -0.05) is 18.2 Å². The summed E-state index contributed by atoms with van der Waals surface area (Å²) >= 11 is 0. The van der Waals surface area contributed by atoms with E-state index in [0.717, 1.165) is 17.1 Å². The van der Waals surface area contributed by atoms with E-state index in [1.165, 1.54) is 11.1 Å². The van der Waals surface area contributed by atoms with Crippen molar-refractivity contribution in [3.8, 4) is 17.2 Å². The summed E-state index contributed by atoms with van der Waals surface area (Å²) in [5, 5.41) is 18.2. The van der Waals surface area contributed by atoms with Crippen LogP contribution in [0, 0.1) is 0 Å². The van der Waals surface area contributed by atoms with Gasteiger partial charge in [0.1, 0.15) is 11.5 Å². The maximum atomic E-state index is 9.12. The van der Waals surface area contributed by atoms with Crippen LogP contribution < -0.4 is 4.74 Å². The van der Waals surface area contributed by atoms with Gasteiger partial charge in [-0.3, -0.25) is 0 Å². The van der Waals surface area contributed by atoms with Crippen LogP contribution in [0.4, 0.5) is 0 Å². The summed E-state index contributed by atoms with van der Waals surface area (Å²) in [6, 6.07) is 12.8. The first kappa shape index (κ1) is 14.0. The van der Waals surface area contributed by atoms with Crippen LogP contribution in [0.3, 0.4) is 0 Å². The number of hydrogen-bond acceptors (Lipinski definition) is 5. The molecule has 0 radical (unpaired) electrons. The number of aliphatic hydroxyl groups excluding tert-OH is 1. The molecule has 23 heavy (non-hydrogen) atoms. The van der Waals surface area contributed by atoms with Gasteiger partial charge in [-0.05, 0) is 35.4 Å². The van der Waals surface area contributed by atoms with E-state index in [1.807, 2.05) is 18.2 Å².